The van der Waals surface area contributed by atoms with Gasteiger partial charge in [0.2, 0.25) is 0 Å². The predicted octanol–water partition coefficient (Wildman–Crippen LogP) is 13.8. The van der Waals surface area contributed by atoms with E-state index < -0.39 is 6.04 Å². The first kappa shape index (κ1) is 32.9. The highest BCUT2D eigenvalue weighted by Crippen LogP contribution is 2.50. The van der Waals surface area contributed by atoms with Crippen LogP contribution in [0.5, 0.6) is 0 Å². The molecule has 0 spiro atoms. The lowest BCUT2D eigenvalue weighted by molar-refractivity contribution is 0.590. The van der Waals surface area contributed by atoms with Crippen LogP contribution in [-0.2, 0) is 21.7 Å². The van der Waals surface area contributed by atoms with Gasteiger partial charge in [0, 0.05) is 33.1 Å². The van der Waals surface area contributed by atoms with Crippen molar-refractivity contribution in [1.29, 1.82) is 0 Å². The molecule has 2 nitrogen and oxygen atoms in total. The average molecular weight is 782 g/mol. The van der Waals surface area contributed by atoms with Crippen LogP contribution in [0.3, 0.4) is 0 Å². The molecular formula is C54H57BN2S. The van der Waals surface area contributed by atoms with Crippen LogP contribution in [0.1, 0.15) is 112 Å². The molecule has 1 aromatic heterocycles. The van der Waals surface area contributed by atoms with Gasteiger partial charge in [0.25, 0.3) is 6.71 Å². The van der Waals surface area contributed by atoms with E-state index in [9.17, 15) is 2.74 Å². The van der Waals surface area contributed by atoms with E-state index in [1.807, 2.05) is 0 Å². The third kappa shape index (κ3) is 6.40. The van der Waals surface area contributed by atoms with Crippen molar-refractivity contribution >= 4 is 78.0 Å². The SMILES string of the molecule is [2H]c1c([2H])c([2H])c(-c2cc3c4c(c2)N(c2ccc(C(C)(C)C)cc2)c2sc5ccc(C(C)(C)C)cc5c2B4c2cc(C(C)(C)C)ccc2N3c2ccc(C(C)(C)C)cc2)c([2H])c1[2H]. The van der Waals surface area contributed by atoms with Crippen molar-refractivity contribution in [3.05, 3.63) is 150 Å². The fourth-order valence-corrected chi connectivity index (χ4v) is 10.0. The maximum atomic E-state index is 9.25. The minimum Gasteiger partial charge on any atom is -0.311 e. The smallest absolute Gasteiger partial charge is 0.254 e. The monoisotopic (exact) mass is 781 g/mol. The summed E-state index contributed by atoms with van der Waals surface area (Å²) in [5.74, 6) is 0. The minimum absolute atomic E-state index is 0.0452. The van der Waals surface area contributed by atoms with Crippen LogP contribution in [0, 0.1) is 0 Å². The molecule has 0 N–H and O–H groups in total. The molecule has 0 saturated heterocycles. The number of fused-ring (bicyclic) bond motifs is 6. The Morgan fingerprint density at radius 2 is 0.948 bits per heavy atom. The van der Waals surface area contributed by atoms with Crippen LogP contribution in [-0.4, -0.2) is 6.71 Å². The zero-order chi connectivity index (χ0) is 45.5. The van der Waals surface area contributed by atoms with Crippen molar-refractivity contribution in [2.45, 2.75) is 105 Å². The molecule has 0 amide bonds. The van der Waals surface area contributed by atoms with Gasteiger partial charge >= 0.3 is 0 Å². The molecule has 0 radical (unpaired) electrons. The fraction of sp³-hybridized carbons (Fsp3) is 0.296. The highest BCUT2D eigenvalue weighted by molar-refractivity contribution is 7.26. The van der Waals surface area contributed by atoms with E-state index in [0.29, 0.717) is 5.56 Å². The summed E-state index contributed by atoms with van der Waals surface area (Å²) in [6.45, 7) is 26.9. The Morgan fingerprint density at radius 1 is 0.466 bits per heavy atom. The molecule has 0 bridgehead atoms. The summed E-state index contributed by atoms with van der Waals surface area (Å²) in [6.07, 6.45) is 0. The van der Waals surface area contributed by atoms with Gasteiger partial charge in [-0.1, -0.05) is 162 Å². The molecule has 0 saturated carbocycles. The fourth-order valence-electron chi connectivity index (χ4n) is 8.75. The number of nitrogens with zero attached hydrogens (tertiary/aromatic N) is 2. The largest absolute Gasteiger partial charge is 0.311 e. The summed E-state index contributed by atoms with van der Waals surface area (Å²) in [6, 6.07) is 34.4. The van der Waals surface area contributed by atoms with E-state index >= 15 is 0 Å². The van der Waals surface area contributed by atoms with Gasteiger partial charge in [-0.15, -0.1) is 11.3 Å². The lowest BCUT2D eigenvalue weighted by atomic mass is 9.33. The zero-order valence-corrected chi connectivity index (χ0v) is 36.9. The molecule has 58 heavy (non-hydrogen) atoms. The third-order valence-electron chi connectivity index (χ3n) is 12.2. The molecule has 7 aromatic rings. The molecule has 4 heteroatoms. The number of anilines is 6. The van der Waals surface area contributed by atoms with Crippen LogP contribution in [0.25, 0.3) is 21.2 Å². The van der Waals surface area contributed by atoms with Crippen LogP contribution in [0.4, 0.5) is 33.4 Å². The second kappa shape index (κ2) is 13.2. The van der Waals surface area contributed by atoms with Crippen LogP contribution >= 0.6 is 11.3 Å². The van der Waals surface area contributed by atoms with Crippen molar-refractivity contribution in [1.82, 2.24) is 0 Å². The van der Waals surface area contributed by atoms with Crippen LogP contribution < -0.4 is 26.2 Å². The summed E-state index contributed by atoms with van der Waals surface area (Å²) < 4.78 is 45.7. The quantitative estimate of drug-likeness (QED) is 0.165. The second-order valence-electron chi connectivity index (χ2n) is 20.4. The highest BCUT2D eigenvalue weighted by Gasteiger charge is 2.46. The van der Waals surface area contributed by atoms with Gasteiger partial charge in [0.15, 0.2) is 0 Å². The van der Waals surface area contributed by atoms with Gasteiger partial charge < -0.3 is 9.80 Å². The second-order valence-corrected chi connectivity index (χ2v) is 21.5. The number of thiophene rings is 1. The van der Waals surface area contributed by atoms with E-state index in [-0.39, 0.29) is 58.1 Å². The molecule has 6 aromatic carbocycles. The molecule has 9 rings (SSSR count). The summed E-state index contributed by atoms with van der Waals surface area (Å²) in [5.41, 5.74) is 14.0. The molecular weight excluding hydrogens is 719 g/mol. The maximum Gasteiger partial charge on any atom is 0.254 e. The average Bonchev–Trinajstić information content (AvgIpc) is 3.59. The Balaban J connectivity index is 1.47. The summed E-state index contributed by atoms with van der Waals surface area (Å²) in [7, 11) is 0. The summed E-state index contributed by atoms with van der Waals surface area (Å²) in [5, 5.41) is 2.36. The Bertz CT molecular complexity index is 2970. The van der Waals surface area contributed by atoms with Gasteiger partial charge in [-0.2, -0.15) is 0 Å². The van der Waals surface area contributed by atoms with Crippen molar-refractivity contribution < 1.29 is 6.85 Å². The zero-order valence-electron chi connectivity index (χ0n) is 41.1. The van der Waals surface area contributed by atoms with Gasteiger partial charge in [-0.25, -0.2) is 0 Å². The first-order chi connectivity index (χ1) is 29.4. The maximum absolute atomic E-state index is 9.25. The molecule has 0 aliphatic carbocycles. The molecule has 2 aliphatic rings. The Labute approximate surface area is 358 Å². The lowest BCUT2D eigenvalue weighted by Crippen LogP contribution is -2.61. The van der Waals surface area contributed by atoms with Crippen molar-refractivity contribution in [2.75, 3.05) is 9.80 Å². The highest BCUT2D eigenvalue weighted by atomic mass is 32.1. The Hall–Kier alpha value is -5.06. The van der Waals surface area contributed by atoms with Gasteiger partial charge in [-0.3, -0.25) is 0 Å². The Morgan fingerprint density at radius 3 is 1.50 bits per heavy atom. The van der Waals surface area contributed by atoms with Gasteiger partial charge in [0.1, 0.15) is 0 Å². The molecule has 3 heterocycles. The van der Waals surface area contributed by atoms with E-state index in [1.54, 1.807) is 11.3 Å². The van der Waals surface area contributed by atoms with E-state index in [0.717, 1.165) is 38.9 Å². The number of benzene rings is 6. The summed E-state index contributed by atoms with van der Waals surface area (Å²) in [4.78, 5) is 4.74. The van der Waals surface area contributed by atoms with Gasteiger partial charge in [-0.05, 0) is 125 Å². The molecule has 0 unspecified atom stereocenters. The van der Waals surface area contributed by atoms with E-state index in [4.69, 9.17) is 4.11 Å². The predicted molar refractivity (Wildman–Crippen MR) is 256 cm³/mol. The normalized spacial score (nSPS) is 15.3. The Kier molecular flexibility index (Phi) is 7.49. The molecule has 2 aliphatic heterocycles. The summed E-state index contributed by atoms with van der Waals surface area (Å²) >= 11 is 1.80. The molecule has 0 atom stereocenters. The minimum atomic E-state index is -0.401. The van der Waals surface area contributed by atoms with E-state index in [1.165, 1.54) is 43.3 Å². The van der Waals surface area contributed by atoms with Crippen molar-refractivity contribution in [3.8, 4) is 11.1 Å². The molecule has 0 fully saturated rings. The van der Waals surface area contributed by atoms with Crippen molar-refractivity contribution in [2.24, 2.45) is 0 Å². The number of hydrogen-bond acceptors (Lipinski definition) is 3. The molecule has 292 valence electrons. The number of hydrogen-bond donors (Lipinski definition) is 0. The third-order valence-corrected chi connectivity index (χ3v) is 13.4. The first-order valence-electron chi connectivity index (χ1n) is 23.1. The topological polar surface area (TPSA) is 6.48 Å². The van der Waals surface area contributed by atoms with Crippen LogP contribution in [0.15, 0.2) is 127 Å². The lowest BCUT2D eigenvalue weighted by Gasteiger charge is -2.44. The van der Waals surface area contributed by atoms with Crippen molar-refractivity contribution in [3.63, 3.8) is 0 Å². The van der Waals surface area contributed by atoms with E-state index in [2.05, 4.69) is 190 Å². The van der Waals surface area contributed by atoms with Crippen LogP contribution in [0.2, 0.25) is 0 Å². The standard InChI is InChI=1S/C54H57BN2S/c1-51(2,3)36-18-24-40(25-19-36)56-44-28-22-39(54(10,11)12)33-43(44)55-48-42-32-38(53(7,8)9)23-29-47(42)58-50(48)57(41-26-20-37(21-27-41)52(4,5)6)46-31-35(30-45(56)49(46)55)34-16-14-13-15-17-34/h13-33H,1-12H3/i13D,14D,15D,16D,17D. The van der Waals surface area contributed by atoms with Gasteiger partial charge in [0.05, 0.1) is 11.9 Å². The number of rotatable bonds is 3. The first-order valence-corrected chi connectivity index (χ1v) is 21.5.